The maximum atomic E-state index is 14.5. The van der Waals surface area contributed by atoms with Crippen LogP contribution in [0.5, 0.6) is 0 Å². The number of amides is 8. The number of hydrogen-bond acceptors (Lipinski definition) is 8. The molecule has 772 valence electrons. The molecule has 12 nitrogen and oxygen atoms in total. The molecule has 0 fully saturated rings. The molecule has 16 aromatic carbocycles. The lowest BCUT2D eigenvalue weighted by molar-refractivity contribution is -0.354. The highest BCUT2D eigenvalue weighted by Gasteiger charge is 2.77. The van der Waals surface area contributed by atoms with E-state index >= 15 is 0 Å². The van der Waals surface area contributed by atoms with Crippen molar-refractivity contribution in [2.45, 2.75) is 72.1 Å². The number of hydrogen-bond donors (Lipinski definition) is 0. The Morgan fingerprint density at radius 2 is 0.236 bits per heavy atom. The van der Waals surface area contributed by atoms with Gasteiger partial charge >= 0.3 is 72.1 Å². The summed E-state index contributed by atoms with van der Waals surface area (Å²) in [5.74, 6) is -65.8. The normalized spacial score (nSPS) is 14.2. The van der Waals surface area contributed by atoms with Crippen molar-refractivity contribution in [3.8, 4) is 0 Å². The molecule has 16 aromatic rings. The SMILES string of the molecule is O=C1c2cc(Cl)c3c4c(Cl)cc5c6c(cc(Cl)c(c7c(Cl)cc(c2c37)C(=O)N1CC(F)(F)C(F)(F)C(F)(F)F)c64)C(=O)N(CC(F)(F)C(F)(F)C(F)(F)F)C5=O.O=C1c2cc(Cl)c3c4c(Cl)cc5c6c(cc(Cl)c(c7c(Cl)cc(c2c37)C(=O)N1CC(F)(F)C(F)(F)C(F)(F)F)c64)C(=O)N(CC(F)(F)C(F)(F)C(F)(F)F)C5=O.c1ccccc1.c1ccccc1.c1ccccc1.c1ccccc1.c1ccccc1.c1ccccc1. The lowest BCUT2D eigenvalue weighted by atomic mass is 9.82. The fraction of sp³-hybridized carbons (Fsp3) is 0.160. The highest BCUT2D eigenvalue weighted by atomic mass is 35.5. The van der Waals surface area contributed by atoms with Crippen molar-refractivity contribution in [3.05, 3.63) is 352 Å². The number of benzene rings is 16. The lowest BCUT2D eigenvalue weighted by Crippen LogP contribution is -2.59. The van der Waals surface area contributed by atoms with Gasteiger partial charge in [0.15, 0.2) is 0 Å². The van der Waals surface area contributed by atoms with E-state index in [0.717, 1.165) is 0 Å². The van der Waals surface area contributed by atoms with Crippen LogP contribution in [0.1, 0.15) is 82.9 Å². The van der Waals surface area contributed by atoms with E-state index in [1.807, 2.05) is 218 Å². The quantitative estimate of drug-likeness (QED) is 0.0508. The number of carbonyl (C=O) groups is 8. The molecule has 8 amide bonds. The third-order valence-corrected chi connectivity index (χ3v) is 25.1. The second kappa shape index (κ2) is 41.5. The van der Waals surface area contributed by atoms with Crippen molar-refractivity contribution in [1.82, 2.24) is 19.6 Å². The summed E-state index contributed by atoms with van der Waals surface area (Å²) in [7, 11) is 0. The number of nitrogens with zero attached hydrogens (tertiary/aromatic N) is 4. The van der Waals surface area contributed by atoms with Gasteiger partial charge in [-0.1, -0.05) is 311 Å². The summed E-state index contributed by atoms with van der Waals surface area (Å²) in [5, 5.41) is -10.4. The van der Waals surface area contributed by atoms with E-state index < -0.39 is 271 Å². The van der Waals surface area contributed by atoms with Crippen molar-refractivity contribution in [2.75, 3.05) is 26.2 Å². The summed E-state index contributed by atoms with van der Waals surface area (Å²) >= 11 is 52.5. The number of imide groups is 4. The number of rotatable bonds is 12. The predicted octanol–water partition coefficient (Wildman–Crippen LogP) is 32.5. The molecule has 0 spiro atoms. The maximum Gasteiger partial charge on any atom is 0.459 e. The van der Waals surface area contributed by atoms with E-state index in [2.05, 4.69) is 0 Å². The van der Waals surface area contributed by atoms with Crippen LogP contribution in [-0.4, -0.2) is 165 Å². The van der Waals surface area contributed by atoms with Crippen LogP contribution in [0.25, 0.3) is 86.2 Å². The van der Waals surface area contributed by atoms with Gasteiger partial charge in [-0.15, -0.1) is 0 Å². The average molecular weight is 2250 g/mol. The summed E-state index contributed by atoms with van der Waals surface area (Å²) in [6, 6.07) is 77.6. The van der Waals surface area contributed by atoms with Crippen molar-refractivity contribution in [2.24, 2.45) is 0 Å². The molecule has 0 radical (unpaired) electrons. The van der Waals surface area contributed by atoms with Crippen LogP contribution in [0.3, 0.4) is 0 Å². The number of fused-ring (bicyclic) bond motifs is 4. The zero-order valence-corrected chi connectivity index (χ0v) is 78.9. The van der Waals surface area contributed by atoms with Crippen molar-refractivity contribution < 1.29 is 161 Å². The molecule has 0 saturated heterocycles. The van der Waals surface area contributed by atoms with Crippen molar-refractivity contribution >= 4 is 226 Å². The molecule has 0 N–H and O–H groups in total. The maximum absolute atomic E-state index is 14.5. The number of alkyl halides is 28. The summed E-state index contributed by atoms with van der Waals surface area (Å²) in [6.07, 6.45) is -27.3. The van der Waals surface area contributed by atoms with Crippen molar-refractivity contribution in [1.29, 1.82) is 0 Å². The molecule has 20 rings (SSSR count). The monoisotopic (exact) mass is 2250 g/mol. The first kappa shape index (κ1) is 112. The smallest absolute Gasteiger partial charge is 0.269 e. The first-order valence-electron chi connectivity index (χ1n) is 41.5. The van der Waals surface area contributed by atoms with Gasteiger partial charge in [-0.3, -0.25) is 58.0 Å². The van der Waals surface area contributed by atoms with Gasteiger partial charge < -0.3 is 0 Å². The molecule has 0 unspecified atom stereocenters. The largest absolute Gasteiger partial charge is 0.459 e. The predicted molar refractivity (Wildman–Crippen MR) is 499 cm³/mol. The Balaban J connectivity index is 0.000000183. The molecule has 48 heteroatoms. The minimum Gasteiger partial charge on any atom is -0.269 e. The van der Waals surface area contributed by atoms with Gasteiger partial charge in [0.05, 0.1) is 70.7 Å². The first-order chi connectivity index (χ1) is 68.8. The molecule has 0 saturated carbocycles. The lowest BCUT2D eigenvalue weighted by Gasteiger charge is -2.35. The summed E-state index contributed by atoms with van der Waals surface area (Å²) in [6.45, 7) is -11.1. The summed E-state index contributed by atoms with van der Waals surface area (Å²) < 4.78 is 382. The molecule has 0 aromatic heterocycles. The van der Waals surface area contributed by atoms with Gasteiger partial charge in [-0.2, -0.15) is 123 Å². The zero-order valence-electron chi connectivity index (χ0n) is 72.9. The molecule has 0 atom stereocenters. The summed E-state index contributed by atoms with van der Waals surface area (Å²) in [4.78, 5) is 106. The van der Waals surface area contributed by atoms with E-state index in [1.165, 1.54) is 0 Å². The van der Waals surface area contributed by atoms with Crippen molar-refractivity contribution in [3.63, 3.8) is 0 Å². The molecule has 0 aliphatic carbocycles. The van der Waals surface area contributed by atoms with Crippen LogP contribution in [0.4, 0.5) is 123 Å². The van der Waals surface area contributed by atoms with Gasteiger partial charge in [0.2, 0.25) is 0 Å². The first-order valence-corrected chi connectivity index (χ1v) is 44.5. The molecule has 4 aliphatic heterocycles. The highest BCUT2D eigenvalue weighted by Crippen LogP contribution is 2.60. The molecular formula is C100H52Cl8F28N4O8. The van der Waals surface area contributed by atoms with Gasteiger partial charge in [0.1, 0.15) is 0 Å². The minimum absolute atomic E-state index is 0.303. The second-order valence-electron chi connectivity index (χ2n) is 32.1. The molecule has 4 heterocycles. The van der Waals surface area contributed by atoms with E-state index in [9.17, 15) is 161 Å². The second-order valence-corrected chi connectivity index (χ2v) is 35.3. The Kier molecular flexibility index (Phi) is 31.5. The van der Waals surface area contributed by atoms with E-state index in [-0.39, 0.29) is 64.6 Å². The summed E-state index contributed by atoms with van der Waals surface area (Å²) in [5.41, 5.74) is -6.40. The average Bonchev–Trinajstić information content (AvgIpc) is 0.675. The molecule has 0 bridgehead atoms. The van der Waals surface area contributed by atoms with Gasteiger partial charge in [-0.05, 0) is 48.5 Å². The van der Waals surface area contributed by atoms with Crippen LogP contribution >= 0.6 is 92.8 Å². The fourth-order valence-electron chi connectivity index (χ4n) is 16.0. The third-order valence-electron chi connectivity index (χ3n) is 22.7. The Morgan fingerprint density at radius 3 is 0.318 bits per heavy atom. The standard InChI is InChI=1S/2C32H8Cl4F14N2O4.6C6H6/c2*33-11-1-7-15-8(24(54)51(23(7)53)5-27(37,38)29(41,42)31(45,46)47)2-13(35)19-20-14(36)4-10-16-9(3-12(34)18(22(16)20)17(11)21(15)19)25(55)52(26(10)56)6-28(39,40)30(43,44)32(48,49)50;6*1-2-4-6-5-3-1/h2*1-4H,5-6H2;6*1-6H. The van der Waals surface area contributed by atoms with E-state index in [4.69, 9.17) is 92.8 Å². The number of carbonyl (C=O) groups excluding carboxylic acids is 8. The Bertz CT molecular complexity index is 6470. The molecule has 4 aliphatic rings. The van der Waals surface area contributed by atoms with Gasteiger partial charge in [0.25, 0.3) is 47.3 Å². The minimum atomic E-state index is -6.82. The van der Waals surface area contributed by atoms with E-state index in [0.29, 0.717) is 48.5 Å². The Morgan fingerprint density at radius 1 is 0.149 bits per heavy atom. The van der Waals surface area contributed by atoms with Crippen LogP contribution in [0, 0.1) is 0 Å². The van der Waals surface area contributed by atoms with E-state index in [1.54, 1.807) is 0 Å². The fourth-order valence-corrected chi connectivity index (χ4v) is 18.4. The van der Waals surface area contributed by atoms with Crippen LogP contribution in [0.2, 0.25) is 40.2 Å². The molecule has 148 heavy (non-hydrogen) atoms. The highest BCUT2D eigenvalue weighted by molar-refractivity contribution is 6.58. The third kappa shape index (κ3) is 20.2. The number of halogens is 36. The zero-order chi connectivity index (χ0) is 109. The topological polar surface area (TPSA) is 150 Å². The molecular weight excluding hydrogens is 2200 g/mol. The van der Waals surface area contributed by atoms with Gasteiger partial charge in [0, 0.05) is 126 Å². The van der Waals surface area contributed by atoms with Gasteiger partial charge in [-0.25, -0.2) is 0 Å². The van der Waals surface area contributed by atoms with Crippen LogP contribution < -0.4 is 0 Å². The Hall–Kier alpha value is -13.0. The van der Waals surface area contributed by atoms with Crippen LogP contribution in [0.15, 0.2) is 267 Å². The Labute approximate surface area is 851 Å². The van der Waals surface area contributed by atoms with Crippen LogP contribution in [-0.2, 0) is 0 Å².